The molecule has 0 fully saturated rings. The van der Waals surface area contributed by atoms with Crippen molar-refractivity contribution in [2.45, 2.75) is 38.3 Å². The third kappa shape index (κ3) is 5.81. The van der Waals surface area contributed by atoms with Crippen LogP contribution >= 0.6 is 23.1 Å². The zero-order valence-corrected chi connectivity index (χ0v) is 21.3. The van der Waals surface area contributed by atoms with E-state index in [1.165, 1.54) is 22.2 Å². The van der Waals surface area contributed by atoms with Gasteiger partial charge in [-0.1, -0.05) is 75.0 Å². The summed E-state index contributed by atoms with van der Waals surface area (Å²) in [6.45, 7) is 8.62. The molecule has 1 N–H and O–H groups in total. The van der Waals surface area contributed by atoms with E-state index in [2.05, 4.69) is 65.8 Å². The van der Waals surface area contributed by atoms with Crippen LogP contribution in [0.25, 0.3) is 17.1 Å². The number of benzene rings is 2. The summed E-state index contributed by atoms with van der Waals surface area (Å²) in [6, 6.07) is 22.4. The third-order valence-corrected chi connectivity index (χ3v) is 7.00. The van der Waals surface area contributed by atoms with Crippen molar-refractivity contribution < 1.29 is 4.79 Å². The molecular weight excluding hydrogens is 462 g/mol. The predicted octanol–water partition coefficient (Wildman–Crippen LogP) is 5.84. The minimum atomic E-state index is -0.201. The zero-order valence-electron chi connectivity index (χ0n) is 19.6. The summed E-state index contributed by atoms with van der Waals surface area (Å²) in [5.41, 5.74) is 5.83. The Hall–Kier alpha value is -3.23. The second-order valence-corrected chi connectivity index (χ2v) is 11.1. The summed E-state index contributed by atoms with van der Waals surface area (Å²) >= 11 is 2.95. The highest BCUT2D eigenvalue weighted by molar-refractivity contribution is 7.99. The second-order valence-electron chi connectivity index (χ2n) is 8.83. The fraction of sp³-hybridized carbons (Fsp3) is 0.231. The van der Waals surface area contributed by atoms with Gasteiger partial charge in [-0.15, -0.1) is 21.5 Å². The molecule has 0 aliphatic rings. The number of hydrazone groups is 1. The predicted molar refractivity (Wildman–Crippen MR) is 141 cm³/mol. The van der Waals surface area contributed by atoms with Crippen LogP contribution in [0.5, 0.6) is 0 Å². The lowest BCUT2D eigenvalue weighted by molar-refractivity contribution is -0.118. The van der Waals surface area contributed by atoms with Gasteiger partial charge in [0.15, 0.2) is 11.0 Å². The number of aromatic nitrogens is 3. The molecular formula is C26H27N5OS2. The van der Waals surface area contributed by atoms with Crippen LogP contribution in [-0.2, 0) is 10.2 Å². The molecule has 4 rings (SSSR count). The average Bonchev–Trinajstić information content (AvgIpc) is 3.44. The topological polar surface area (TPSA) is 72.2 Å². The summed E-state index contributed by atoms with van der Waals surface area (Å²) in [7, 11) is 0. The van der Waals surface area contributed by atoms with E-state index in [9.17, 15) is 4.79 Å². The Labute approximate surface area is 208 Å². The molecule has 0 aliphatic carbocycles. The number of nitrogens with one attached hydrogen (secondary N) is 1. The maximum atomic E-state index is 12.4. The number of thiophene rings is 1. The number of aryl methyl sites for hydroxylation is 1. The number of amides is 1. The van der Waals surface area contributed by atoms with Crippen LogP contribution in [0, 0.1) is 6.92 Å². The van der Waals surface area contributed by atoms with Crippen molar-refractivity contribution in [3.05, 3.63) is 82.0 Å². The van der Waals surface area contributed by atoms with Crippen LogP contribution in [0.2, 0.25) is 0 Å². The van der Waals surface area contributed by atoms with E-state index in [0.717, 1.165) is 22.0 Å². The molecule has 4 aromatic rings. The Morgan fingerprint density at radius 2 is 1.79 bits per heavy atom. The smallest absolute Gasteiger partial charge is 0.250 e. The molecule has 0 saturated carbocycles. The average molecular weight is 490 g/mol. The molecule has 174 valence electrons. The van der Waals surface area contributed by atoms with E-state index in [1.54, 1.807) is 17.6 Å². The maximum Gasteiger partial charge on any atom is 0.250 e. The molecule has 6 nitrogen and oxygen atoms in total. The molecule has 0 unspecified atom stereocenters. The van der Waals surface area contributed by atoms with Crippen molar-refractivity contribution in [2.75, 3.05) is 5.75 Å². The van der Waals surface area contributed by atoms with Crippen LogP contribution < -0.4 is 5.43 Å². The summed E-state index contributed by atoms with van der Waals surface area (Å²) < 4.78 is 1.99. The van der Waals surface area contributed by atoms with Crippen LogP contribution in [0.3, 0.4) is 0 Å². The summed E-state index contributed by atoms with van der Waals surface area (Å²) in [4.78, 5) is 14.6. The van der Waals surface area contributed by atoms with Crippen LogP contribution in [0.15, 0.2) is 77.0 Å². The highest BCUT2D eigenvalue weighted by Gasteiger charge is 2.19. The lowest BCUT2D eigenvalue weighted by atomic mass is 9.87. The number of hydrogen-bond acceptors (Lipinski definition) is 6. The molecule has 0 atom stereocenters. The number of thioether (sulfide) groups is 1. The van der Waals surface area contributed by atoms with Gasteiger partial charge in [-0.3, -0.25) is 9.36 Å². The summed E-state index contributed by atoms with van der Waals surface area (Å²) in [6.07, 6.45) is 1.66. The molecule has 8 heteroatoms. The molecule has 0 radical (unpaired) electrons. The molecule has 0 aliphatic heterocycles. The third-order valence-electron chi connectivity index (χ3n) is 5.13. The van der Waals surface area contributed by atoms with Crippen molar-refractivity contribution in [2.24, 2.45) is 5.10 Å². The van der Waals surface area contributed by atoms with Gasteiger partial charge in [-0.25, -0.2) is 5.43 Å². The van der Waals surface area contributed by atoms with Crippen molar-refractivity contribution in [3.8, 4) is 17.1 Å². The first kappa shape index (κ1) is 23.9. The highest BCUT2D eigenvalue weighted by Crippen LogP contribution is 2.30. The van der Waals surface area contributed by atoms with Gasteiger partial charge in [0.2, 0.25) is 0 Å². The van der Waals surface area contributed by atoms with E-state index in [0.29, 0.717) is 5.16 Å². The normalized spacial score (nSPS) is 11.8. The SMILES string of the molecule is Cc1ccc(C=NNC(=O)CSc2nnc(-c3ccc(C(C)(C)C)cc3)n2-c2ccccc2)s1. The maximum absolute atomic E-state index is 12.4. The van der Waals surface area contributed by atoms with Crippen molar-refractivity contribution >= 4 is 35.2 Å². The number of para-hydroxylation sites is 1. The monoisotopic (exact) mass is 489 g/mol. The van der Waals surface area contributed by atoms with Crippen molar-refractivity contribution in [1.29, 1.82) is 0 Å². The fourth-order valence-corrected chi connectivity index (χ4v) is 4.83. The summed E-state index contributed by atoms with van der Waals surface area (Å²) in [5.74, 6) is 0.711. The molecule has 2 aromatic carbocycles. The van der Waals surface area contributed by atoms with Gasteiger partial charge in [-0.2, -0.15) is 5.10 Å². The van der Waals surface area contributed by atoms with Gasteiger partial charge >= 0.3 is 0 Å². The van der Waals surface area contributed by atoms with E-state index >= 15 is 0 Å². The zero-order chi connectivity index (χ0) is 24.1. The Bertz CT molecular complexity index is 1280. The molecule has 0 spiro atoms. The van der Waals surface area contributed by atoms with Crippen molar-refractivity contribution in [1.82, 2.24) is 20.2 Å². The minimum Gasteiger partial charge on any atom is -0.272 e. The number of carbonyl (C=O) groups excluding carboxylic acids is 1. The van der Waals surface area contributed by atoms with Gasteiger partial charge in [-0.05, 0) is 42.2 Å². The fourth-order valence-electron chi connectivity index (χ4n) is 3.33. The lowest BCUT2D eigenvalue weighted by Gasteiger charge is -2.19. The molecule has 2 heterocycles. The highest BCUT2D eigenvalue weighted by atomic mass is 32.2. The number of hydrogen-bond donors (Lipinski definition) is 1. The van der Waals surface area contributed by atoms with E-state index in [-0.39, 0.29) is 17.1 Å². The standard InChI is InChI=1S/C26H27N5OS2/c1-18-10-15-22(34-18)16-27-28-23(32)17-33-25-30-29-24(31(25)21-8-6-5-7-9-21)19-11-13-20(14-12-19)26(2,3)4/h5-16H,17H2,1-4H3,(H,28,32). The van der Waals surface area contributed by atoms with Gasteiger partial charge in [0.1, 0.15) is 0 Å². The number of carbonyl (C=O) groups is 1. The second kappa shape index (κ2) is 10.4. The molecule has 2 aromatic heterocycles. The van der Waals surface area contributed by atoms with Gasteiger partial charge in [0, 0.05) is 21.0 Å². The van der Waals surface area contributed by atoms with Crippen LogP contribution in [-0.4, -0.2) is 32.6 Å². The van der Waals surface area contributed by atoms with Gasteiger partial charge in [0.25, 0.3) is 5.91 Å². The minimum absolute atomic E-state index is 0.0742. The van der Waals surface area contributed by atoms with Gasteiger partial charge in [0.05, 0.1) is 12.0 Å². The Morgan fingerprint density at radius 1 is 1.06 bits per heavy atom. The molecule has 0 saturated heterocycles. The Morgan fingerprint density at radius 3 is 2.44 bits per heavy atom. The quantitative estimate of drug-likeness (QED) is 0.201. The number of nitrogens with zero attached hydrogens (tertiary/aromatic N) is 4. The number of rotatable bonds is 7. The Kier molecular flexibility index (Phi) is 7.29. The van der Waals surface area contributed by atoms with E-state index < -0.39 is 0 Å². The summed E-state index contributed by atoms with van der Waals surface area (Å²) in [5, 5.41) is 13.6. The molecule has 34 heavy (non-hydrogen) atoms. The first-order valence-electron chi connectivity index (χ1n) is 10.9. The Balaban J connectivity index is 1.53. The first-order valence-corrected chi connectivity index (χ1v) is 12.7. The van der Waals surface area contributed by atoms with Gasteiger partial charge < -0.3 is 0 Å². The lowest BCUT2D eigenvalue weighted by Crippen LogP contribution is -2.19. The van der Waals surface area contributed by atoms with E-state index in [1.807, 2.05) is 54.0 Å². The van der Waals surface area contributed by atoms with Crippen LogP contribution in [0.4, 0.5) is 0 Å². The van der Waals surface area contributed by atoms with Crippen molar-refractivity contribution in [3.63, 3.8) is 0 Å². The first-order chi connectivity index (χ1) is 16.3. The van der Waals surface area contributed by atoms with E-state index in [4.69, 9.17) is 0 Å². The van der Waals surface area contributed by atoms with Crippen LogP contribution in [0.1, 0.15) is 36.1 Å². The largest absolute Gasteiger partial charge is 0.272 e. The molecule has 0 bridgehead atoms. The molecule has 1 amide bonds.